The van der Waals surface area contributed by atoms with E-state index in [1.54, 1.807) is 0 Å². The quantitative estimate of drug-likeness (QED) is 0.544. The summed E-state index contributed by atoms with van der Waals surface area (Å²) in [5, 5.41) is 13.6. The molecule has 0 aliphatic carbocycles. The molecule has 1 aliphatic rings. The molecule has 156 valence electrons. The number of fused-ring (bicyclic) bond motifs is 2. The van der Waals surface area contributed by atoms with Crippen molar-refractivity contribution in [3.63, 3.8) is 0 Å². The number of phenols is 1. The lowest BCUT2D eigenvalue weighted by Gasteiger charge is -2.34. The summed E-state index contributed by atoms with van der Waals surface area (Å²) in [4.78, 5) is 4.10. The molecule has 1 atom stereocenters. The number of hydrogen-bond donors (Lipinski definition) is 2. The number of hydrogen-bond acceptors (Lipinski definition) is 4. The van der Waals surface area contributed by atoms with Gasteiger partial charge in [-0.05, 0) is 68.6 Å². The first-order chi connectivity index (χ1) is 14.5. The average Bonchev–Trinajstić information content (AvgIpc) is 2.75. The Morgan fingerprint density at radius 2 is 1.73 bits per heavy atom. The largest absolute Gasteiger partial charge is 0.507 e. The first-order valence-corrected chi connectivity index (χ1v) is 11.5. The summed E-state index contributed by atoms with van der Waals surface area (Å²) in [6.07, 6.45) is 0.931. The van der Waals surface area contributed by atoms with Gasteiger partial charge in [0.1, 0.15) is 5.75 Å². The molecule has 3 aromatic carbocycles. The van der Waals surface area contributed by atoms with Crippen LogP contribution in [0.3, 0.4) is 0 Å². The molecular formula is C25H28N2O2S. The van der Waals surface area contributed by atoms with Crippen LogP contribution in [0.1, 0.15) is 28.7 Å². The van der Waals surface area contributed by atoms with Crippen LogP contribution >= 0.6 is 0 Å². The van der Waals surface area contributed by atoms with E-state index in [2.05, 4.69) is 36.2 Å². The standard InChI is InChI=1S/C25H28N2O2S/c1-17-12-13-23-24(19(17)3)27(21-10-4-5-11-22(21)30(23)29)15-7-14-26-16-20-9-6-8-18(2)25(20)28/h4-6,8-13,26,28H,7,14-16H2,1-3H3. The number of rotatable bonds is 6. The predicted octanol–water partition coefficient (Wildman–Crippen LogP) is 5.12. The lowest BCUT2D eigenvalue weighted by molar-refractivity contribution is 0.460. The zero-order valence-corrected chi connectivity index (χ0v) is 18.6. The minimum Gasteiger partial charge on any atom is -0.507 e. The van der Waals surface area contributed by atoms with Crippen molar-refractivity contribution in [2.45, 2.75) is 43.5 Å². The molecule has 0 saturated heterocycles. The number of benzene rings is 3. The van der Waals surface area contributed by atoms with Crippen LogP contribution in [-0.4, -0.2) is 22.4 Å². The summed E-state index contributed by atoms with van der Waals surface area (Å²) >= 11 is 0. The molecule has 30 heavy (non-hydrogen) atoms. The summed E-state index contributed by atoms with van der Waals surface area (Å²) in [6.45, 7) is 8.44. The number of aromatic hydroxyl groups is 1. The van der Waals surface area contributed by atoms with Crippen LogP contribution in [0.25, 0.3) is 0 Å². The monoisotopic (exact) mass is 420 g/mol. The molecule has 0 aromatic heterocycles. The van der Waals surface area contributed by atoms with Crippen molar-refractivity contribution < 1.29 is 9.32 Å². The van der Waals surface area contributed by atoms with Crippen molar-refractivity contribution in [3.05, 3.63) is 76.9 Å². The van der Waals surface area contributed by atoms with Gasteiger partial charge in [0.2, 0.25) is 0 Å². The molecule has 5 heteroatoms. The van der Waals surface area contributed by atoms with Gasteiger partial charge >= 0.3 is 0 Å². The minimum atomic E-state index is -1.15. The van der Waals surface area contributed by atoms with E-state index >= 15 is 0 Å². The molecule has 2 N–H and O–H groups in total. The van der Waals surface area contributed by atoms with Gasteiger partial charge in [-0.15, -0.1) is 0 Å². The summed E-state index contributed by atoms with van der Waals surface area (Å²) in [7, 11) is -1.15. The topological polar surface area (TPSA) is 52.6 Å². The SMILES string of the molecule is Cc1ccc2c(c1C)N(CCCNCc1cccc(C)c1O)c1ccccc1S2=O. The Morgan fingerprint density at radius 3 is 2.57 bits per heavy atom. The van der Waals surface area contributed by atoms with Crippen molar-refractivity contribution in [1.29, 1.82) is 0 Å². The average molecular weight is 421 g/mol. The summed E-state index contributed by atoms with van der Waals surface area (Å²) in [5.74, 6) is 0.373. The van der Waals surface area contributed by atoms with Gasteiger partial charge in [0, 0.05) is 18.7 Å². The second kappa shape index (κ2) is 8.62. The van der Waals surface area contributed by atoms with Gasteiger partial charge in [-0.2, -0.15) is 0 Å². The zero-order chi connectivity index (χ0) is 21.3. The van der Waals surface area contributed by atoms with Crippen LogP contribution in [-0.2, 0) is 17.3 Å². The highest BCUT2D eigenvalue weighted by Gasteiger charge is 2.29. The normalized spacial score (nSPS) is 15.0. The van der Waals surface area contributed by atoms with E-state index in [1.165, 1.54) is 11.1 Å². The number of para-hydroxylation sites is 2. The maximum absolute atomic E-state index is 13.2. The predicted molar refractivity (Wildman–Crippen MR) is 123 cm³/mol. The third-order valence-corrected chi connectivity index (χ3v) is 7.34. The smallest absolute Gasteiger partial charge is 0.122 e. The number of nitrogens with one attached hydrogen (secondary N) is 1. The van der Waals surface area contributed by atoms with Crippen LogP contribution in [0.5, 0.6) is 5.75 Å². The van der Waals surface area contributed by atoms with Crippen molar-refractivity contribution in [1.82, 2.24) is 5.32 Å². The Morgan fingerprint density at radius 1 is 0.933 bits per heavy atom. The lowest BCUT2D eigenvalue weighted by atomic mass is 10.1. The molecule has 0 saturated carbocycles. The maximum Gasteiger partial charge on any atom is 0.122 e. The maximum atomic E-state index is 13.2. The highest BCUT2D eigenvalue weighted by Crippen LogP contribution is 2.44. The van der Waals surface area contributed by atoms with Crippen LogP contribution in [0.2, 0.25) is 0 Å². The lowest BCUT2D eigenvalue weighted by Crippen LogP contribution is -2.28. The van der Waals surface area contributed by atoms with Crippen LogP contribution in [0.15, 0.2) is 64.4 Å². The molecule has 0 radical (unpaired) electrons. The summed E-state index contributed by atoms with van der Waals surface area (Å²) in [5.41, 5.74) is 6.34. The fraction of sp³-hybridized carbons (Fsp3) is 0.280. The molecular weight excluding hydrogens is 392 g/mol. The summed E-state index contributed by atoms with van der Waals surface area (Å²) < 4.78 is 13.2. The Bertz CT molecular complexity index is 1110. The van der Waals surface area contributed by atoms with E-state index in [9.17, 15) is 9.32 Å². The van der Waals surface area contributed by atoms with E-state index in [1.807, 2.05) is 49.4 Å². The van der Waals surface area contributed by atoms with Crippen molar-refractivity contribution >= 4 is 22.2 Å². The molecule has 0 fully saturated rings. The van der Waals surface area contributed by atoms with Gasteiger partial charge in [-0.25, -0.2) is 4.21 Å². The second-order valence-corrected chi connectivity index (χ2v) is 9.27. The van der Waals surface area contributed by atoms with Gasteiger partial charge in [-0.3, -0.25) is 0 Å². The minimum absolute atomic E-state index is 0.373. The van der Waals surface area contributed by atoms with E-state index < -0.39 is 10.8 Å². The van der Waals surface area contributed by atoms with Gasteiger partial charge in [-0.1, -0.05) is 36.4 Å². The van der Waals surface area contributed by atoms with Crippen molar-refractivity contribution in [2.75, 3.05) is 18.0 Å². The number of phenolic OH excluding ortho intramolecular Hbond substituents is 1. The first-order valence-electron chi connectivity index (χ1n) is 10.4. The molecule has 1 aliphatic heterocycles. The molecule has 3 aromatic rings. The Labute approximate surface area is 181 Å². The van der Waals surface area contributed by atoms with Gasteiger partial charge in [0.05, 0.1) is 32.0 Å². The van der Waals surface area contributed by atoms with Crippen LogP contribution in [0.4, 0.5) is 11.4 Å². The molecule has 4 nitrogen and oxygen atoms in total. The molecule has 1 heterocycles. The second-order valence-electron chi connectivity index (χ2n) is 7.86. The third-order valence-electron chi connectivity index (χ3n) is 5.86. The molecule has 0 bridgehead atoms. The zero-order valence-electron chi connectivity index (χ0n) is 17.7. The number of aryl methyl sites for hydroxylation is 2. The van der Waals surface area contributed by atoms with Crippen molar-refractivity contribution in [3.8, 4) is 5.75 Å². The van der Waals surface area contributed by atoms with Gasteiger partial charge < -0.3 is 15.3 Å². The number of anilines is 2. The molecule has 0 spiro atoms. The van der Waals surface area contributed by atoms with E-state index in [-0.39, 0.29) is 0 Å². The Kier molecular flexibility index (Phi) is 5.93. The fourth-order valence-corrected chi connectivity index (χ4v) is 5.45. The van der Waals surface area contributed by atoms with Crippen LogP contribution < -0.4 is 10.2 Å². The van der Waals surface area contributed by atoms with E-state index in [0.29, 0.717) is 12.3 Å². The molecule has 4 rings (SSSR count). The van der Waals surface area contributed by atoms with Gasteiger partial charge in [0.15, 0.2) is 0 Å². The summed E-state index contributed by atoms with van der Waals surface area (Å²) in [6, 6.07) is 17.9. The highest BCUT2D eigenvalue weighted by atomic mass is 32.2. The van der Waals surface area contributed by atoms with Crippen LogP contribution in [0, 0.1) is 20.8 Å². The highest BCUT2D eigenvalue weighted by molar-refractivity contribution is 7.85. The molecule has 1 unspecified atom stereocenters. The Hall–Kier alpha value is -2.63. The van der Waals surface area contributed by atoms with E-state index in [0.717, 1.165) is 51.8 Å². The molecule has 0 amide bonds. The third kappa shape index (κ3) is 3.75. The Balaban J connectivity index is 1.50. The van der Waals surface area contributed by atoms with Gasteiger partial charge in [0.25, 0.3) is 0 Å². The van der Waals surface area contributed by atoms with Crippen molar-refractivity contribution in [2.24, 2.45) is 0 Å². The fourth-order valence-electron chi connectivity index (χ4n) is 4.02. The first kappa shape index (κ1) is 20.6. The number of nitrogens with zero attached hydrogens (tertiary/aromatic N) is 1. The van der Waals surface area contributed by atoms with E-state index in [4.69, 9.17) is 0 Å².